The summed E-state index contributed by atoms with van der Waals surface area (Å²) < 4.78 is 9.64. The van der Waals surface area contributed by atoms with Crippen molar-refractivity contribution in [3.05, 3.63) is 22.5 Å². The molecule has 0 saturated heterocycles. The molecule has 0 radical (unpaired) electrons. The molecule has 1 fully saturated rings. The molecule has 0 aromatic carbocycles. The second-order valence-electron chi connectivity index (χ2n) is 6.65. The maximum absolute atomic E-state index is 11.9. The molecule has 0 bridgehead atoms. The predicted molar refractivity (Wildman–Crippen MR) is 98.7 cm³/mol. The van der Waals surface area contributed by atoms with E-state index in [0.29, 0.717) is 17.6 Å². The van der Waals surface area contributed by atoms with Crippen molar-refractivity contribution in [3.8, 4) is 0 Å². The number of carbonyl (C=O) groups is 2. The van der Waals surface area contributed by atoms with Crippen LogP contribution in [-0.2, 0) is 19.1 Å². The zero-order valence-corrected chi connectivity index (χ0v) is 16.4. The van der Waals surface area contributed by atoms with Crippen LogP contribution in [0.4, 0.5) is 0 Å². The van der Waals surface area contributed by atoms with Gasteiger partial charge in [0.05, 0.1) is 25.4 Å². The molecule has 0 unspecified atom stereocenters. The van der Waals surface area contributed by atoms with Gasteiger partial charge in [-0.1, -0.05) is 51.9 Å². The van der Waals surface area contributed by atoms with Crippen LogP contribution in [0.1, 0.15) is 72.1 Å². The van der Waals surface area contributed by atoms with Gasteiger partial charge < -0.3 is 14.8 Å². The lowest BCUT2D eigenvalue weighted by Crippen LogP contribution is -2.33. The number of carbonyl (C=O) groups excluding carboxylic acids is 2. The molecule has 5 heteroatoms. The summed E-state index contributed by atoms with van der Waals surface area (Å²) >= 11 is 0. The molecular formula is C20H33NO4. The van der Waals surface area contributed by atoms with Gasteiger partial charge in [-0.2, -0.15) is 0 Å². The predicted octanol–water partition coefficient (Wildman–Crippen LogP) is 4.24. The first kappa shape index (κ1) is 21.3. The van der Waals surface area contributed by atoms with E-state index < -0.39 is 11.9 Å². The van der Waals surface area contributed by atoms with Gasteiger partial charge in [0.1, 0.15) is 0 Å². The minimum atomic E-state index is -0.405. The molecule has 0 aromatic rings. The first-order valence-electron chi connectivity index (χ1n) is 9.33. The van der Waals surface area contributed by atoms with E-state index in [0.717, 1.165) is 17.8 Å². The Kier molecular flexibility index (Phi) is 9.32. The summed E-state index contributed by atoms with van der Waals surface area (Å²) in [7, 11) is 2.68. The first-order valence-corrected chi connectivity index (χ1v) is 9.33. The van der Waals surface area contributed by atoms with E-state index in [1.807, 2.05) is 20.8 Å². The molecule has 0 spiro atoms. The number of methoxy groups -OCH3 is 2. The Morgan fingerprint density at radius 2 is 1.24 bits per heavy atom. The Bertz CT molecular complexity index is 480. The number of ether oxygens (including phenoxy) is 2. The second-order valence-corrected chi connectivity index (χ2v) is 6.65. The third-order valence-electron chi connectivity index (χ3n) is 4.77. The van der Waals surface area contributed by atoms with E-state index in [1.54, 1.807) is 0 Å². The average Bonchev–Trinajstić information content (AvgIpc) is 2.63. The minimum Gasteiger partial charge on any atom is -0.466 e. The Morgan fingerprint density at radius 1 is 0.880 bits per heavy atom. The van der Waals surface area contributed by atoms with Gasteiger partial charge in [0.25, 0.3) is 0 Å². The van der Waals surface area contributed by atoms with Gasteiger partial charge in [-0.25, -0.2) is 9.59 Å². The van der Waals surface area contributed by atoms with Crippen LogP contribution in [0.5, 0.6) is 0 Å². The molecule has 1 saturated carbocycles. The largest absolute Gasteiger partial charge is 0.466 e. The van der Waals surface area contributed by atoms with Crippen LogP contribution < -0.4 is 5.32 Å². The van der Waals surface area contributed by atoms with Crippen LogP contribution in [0.2, 0.25) is 0 Å². The Balaban J connectivity index is 0.000000435. The van der Waals surface area contributed by atoms with Gasteiger partial charge in [-0.3, -0.25) is 0 Å². The molecule has 0 amide bonds. The summed E-state index contributed by atoms with van der Waals surface area (Å²) in [5, 5.41) is 3.06. The van der Waals surface area contributed by atoms with Gasteiger partial charge in [0.2, 0.25) is 0 Å². The van der Waals surface area contributed by atoms with Crippen LogP contribution in [0.3, 0.4) is 0 Å². The molecular weight excluding hydrogens is 318 g/mol. The normalized spacial score (nSPS) is 18.1. The molecule has 1 aliphatic heterocycles. The van der Waals surface area contributed by atoms with Crippen molar-refractivity contribution >= 4 is 11.9 Å². The quantitative estimate of drug-likeness (QED) is 0.768. The van der Waals surface area contributed by atoms with E-state index in [9.17, 15) is 9.59 Å². The Hall–Kier alpha value is -1.78. The summed E-state index contributed by atoms with van der Waals surface area (Å²) in [6.07, 6.45) is 10.6. The summed E-state index contributed by atoms with van der Waals surface area (Å²) in [5.74, 6) is -1.08. The van der Waals surface area contributed by atoms with Crippen molar-refractivity contribution in [2.24, 2.45) is 5.92 Å². The summed E-state index contributed by atoms with van der Waals surface area (Å²) in [6.45, 7) is 5.63. The van der Waals surface area contributed by atoms with Crippen molar-refractivity contribution in [2.45, 2.75) is 72.1 Å². The van der Waals surface area contributed by atoms with Crippen LogP contribution >= 0.6 is 0 Å². The molecule has 1 N–H and O–H groups in total. The van der Waals surface area contributed by atoms with E-state index in [4.69, 9.17) is 9.47 Å². The molecule has 1 heterocycles. The Morgan fingerprint density at radius 3 is 1.52 bits per heavy atom. The standard InChI is InChI=1S/C14H21NO4.C6H12/c1-6-7-10-11(13(16)18-4)8(2)15-9(3)12(10)14(17)19-5;1-2-4-6-5-3-1/h10,15H,6-7H2,1-5H3;1-6H2. The van der Waals surface area contributed by atoms with Crippen molar-refractivity contribution < 1.29 is 19.1 Å². The third-order valence-corrected chi connectivity index (χ3v) is 4.77. The lowest BCUT2D eigenvalue weighted by Gasteiger charge is -2.29. The number of hydrogen-bond donors (Lipinski definition) is 1. The third kappa shape index (κ3) is 5.91. The van der Waals surface area contributed by atoms with Crippen molar-refractivity contribution in [2.75, 3.05) is 14.2 Å². The van der Waals surface area contributed by atoms with Crippen LogP contribution in [0.25, 0.3) is 0 Å². The van der Waals surface area contributed by atoms with Gasteiger partial charge in [0.15, 0.2) is 0 Å². The fraction of sp³-hybridized carbons (Fsp3) is 0.700. The summed E-state index contributed by atoms with van der Waals surface area (Å²) in [5.41, 5.74) is 2.48. The molecule has 25 heavy (non-hydrogen) atoms. The molecule has 0 aromatic heterocycles. The number of hydrogen-bond acceptors (Lipinski definition) is 5. The highest BCUT2D eigenvalue weighted by Crippen LogP contribution is 2.34. The molecule has 2 aliphatic rings. The molecule has 5 nitrogen and oxygen atoms in total. The monoisotopic (exact) mass is 351 g/mol. The summed E-state index contributed by atoms with van der Waals surface area (Å²) in [4.78, 5) is 23.9. The van der Waals surface area contributed by atoms with Gasteiger partial charge in [-0.15, -0.1) is 0 Å². The van der Waals surface area contributed by atoms with Gasteiger partial charge >= 0.3 is 11.9 Å². The van der Waals surface area contributed by atoms with Crippen LogP contribution in [0, 0.1) is 5.92 Å². The molecule has 2 rings (SSSR count). The summed E-state index contributed by atoms with van der Waals surface area (Å²) in [6, 6.07) is 0. The van der Waals surface area contributed by atoms with E-state index in [-0.39, 0.29) is 5.92 Å². The number of allylic oxidation sites excluding steroid dienone is 2. The fourth-order valence-corrected chi connectivity index (χ4v) is 3.53. The maximum atomic E-state index is 11.9. The zero-order chi connectivity index (χ0) is 18.8. The molecule has 0 atom stereocenters. The highest BCUT2D eigenvalue weighted by molar-refractivity contribution is 5.97. The van der Waals surface area contributed by atoms with Crippen molar-refractivity contribution in [1.29, 1.82) is 0 Å². The lowest BCUT2D eigenvalue weighted by molar-refractivity contribution is -0.137. The van der Waals surface area contributed by atoms with Crippen LogP contribution in [-0.4, -0.2) is 26.2 Å². The SMILES string of the molecule is C1CCCCC1.CCCC1C(C(=O)OC)=C(C)NC(C)=C1C(=O)OC. The van der Waals surface area contributed by atoms with E-state index in [2.05, 4.69) is 5.32 Å². The number of esters is 2. The first-order chi connectivity index (χ1) is 12.0. The number of nitrogens with one attached hydrogen (secondary N) is 1. The topological polar surface area (TPSA) is 64.6 Å². The van der Waals surface area contributed by atoms with Crippen molar-refractivity contribution in [3.63, 3.8) is 0 Å². The smallest absolute Gasteiger partial charge is 0.336 e. The van der Waals surface area contributed by atoms with Crippen molar-refractivity contribution in [1.82, 2.24) is 5.32 Å². The van der Waals surface area contributed by atoms with Gasteiger partial charge in [0, 0.05) is 17.3 Å². The van der Waals surface area contributed by atoms with Gasteiger partial charge in [-0.05, 0) is 20.3 Å². The zero-order valence-electron chi connectivity index (χ0n) is 16.4. The Labute approximate surface area is 151 Å². The highest BCUT2D eigenvalue weighted by atomic mass is 16.5. The molecule has 142 valence electrons. The average molecular weight is 351 g/mol. The fourth-order valence-electron chi connectivity index (χ4n) is 3.53. The lowest BCUT2D eigenvalue weighted by atomic mass is 9.82. The number of rotatable bonds is 4. The highest BCUT2D eigenvalue weighted by Gasteiger charge is 2.35. The van der Waals surface area contributed by atoms with E-state index >= 15 is 0 Å². The minimum absolute atomic E-state index is 0.272. The second kappa shape index (κ2) is 11.0. The maximum Gasteiger partial charge on any atom is 0.336 e. The number of dihydropyridines is 1. The van der Waals surface area contributed by atoms with Crippen LogP contribution in [0.15, 0.2) is 22.5 Å². The van der Waals surface area contributed by atoms with E-state index in [1.165, 1.54) is 52.7 Å². The molecule has 1 aliphatic carbocycles.